The first-order valence-electron chi connectivity index (χ1n) is 8.85. The molecule has 0 saturated carbocycles. The fourth-order valence-corrected chi connectivity index (χ4v) is 5.50. The van der Waals surface area contributed by atoms with Gasteiger partial charge in [0, 0.05) is 19.6 Å². The highest BCUT2D eigenvalue weighted by Gasteiger charge is 2.47. The van der Waals surface area contributed by atoms with Gasteiger partial charge in [0.1, 0.15) is 0 Å². The average molecular weight is 389 g/mol. The van der Waals surface area contributed by atoms with Crippen molar-refractivity contribution in [2.45, 2.75) is 35.3 Å². The number of ether oxygens (including phenoxy) is 1. The van der Waals surface area contributed by atoms with Crippen molar-refractivity contribution in [2.75, 3.05) is 13.2 Å². The third-order valence-corrected chi connectivity index (χ3v) is 7.65. The molecule has 0 aromatic heterocycles. The van der Waals surface area contributed by atoms with Crippen LogP contribution in [0.15, 0.2) is 59.5 Å². The molecule has 2 aromatic carbocycles. The molecule has 7 heteroatoms. The maximum atomic E-state index is 13.3. The van der Waals surface area contributed by atoms with Gasteiger partial charge in [-0.2, -0.15) is 0 Å². The maximum absolute atomic E-state index is 13.3. The molecule has 1 saturated heterocycles. The Hall–Kier alpha value is -2.22. The summed E-state index contributed by atoms with van der Waals surface area (Å²) in [6.45, 7) is 0.536. The highest BCUT2D eigenvalue weighted by Crippen LogP contribution is 2.37. The summed E-state index contributed by atoms with van der Waals surface area (Å²) in [5.41, 5.74) is 3.71. The van der Waals surface area contributed by atoms with E-state index in [4.69, 9.17) is 9.94 Å². The van der Waals surface area contributed by atoms with Crippen LogP contribution in [0.4, 0.5) is 0 Å². The molecule has 0 unspecified atom stereocenters. The summed E-state index contributed by atoms with van der Waals surface area (Å²) < 4.78 is 30.7. The second-order valence-corrected chi connectivity index (χ2v) is 9.16. The quantitative estimate of drug-likeness (QED) is 0.585. The predicted octanol–water partition coefficient (Wildman–Crippen LogP) is 2.50. The van der Waals surface area contributed by atoms with Crippen LogP contribution in [-0.4, -0.2) is 37.5 Å². The van der Waals surface area contributed by atoms with Gasteiger partial charge in [-0.15, -0.1) is 0 Å². The van der Waals surface area contributed by atoms with Gasteiger partial charge in [0.15, 0.2) is 9.84 Å². The number of sulfone groups is 1. The molecule has 1 aliphatic rings. The Balaban J connectivity index is 1.87. The first-order valence-corrected chi connectivity index (χ1v) is 10.3. The molecule has 0 radical (unpaired) electrons. The van der Waals surface area contributed by atoms with E-state index in [1.165, 1.54) is 0 Å². The lowest BCUT2D eigenvalue weighted by molar-refractivity contribution is -0.130. The molecule has 1 fully saturated rings. The normalized spacial score (nSPS) is 16.6. The smallest absolute Gasteiger partial charge is 0.244 e. The standard InChI is InChI=1S/C20H23NO5S/c22-19(21-23)15-20(10-12-26-13-11-20)27(24,25)18-8-6-17(7-9-18)14-16-4-2-1-3-5-16/h1-9,23H,10-15H2,(H,21,22). The number of nitrogens with one attached hydrogen (secondary N) is 1. The van der Waals surface area contributed by atoms with Crippen molar-refractivity contribution in [1.29, 1.82) is 0 Å². The number of carbonyl (C=O) groups is 1. The summed E-state index contributed by atoms with van der Waals surface area (Å²) in [7, 11) is -3.77. The van der Waals surface area contributed by atoms with Crippen LogP contribution in [0.3, 0.4) is 0 Å². The zero-order valence-corrected chi connectivity index (χ0v) is 15.7. The van der Waals surface area contributed by atoms with E-state index in [1.807, 2.05) is 30.3 Å². The van der Waals surface area contributed by atoms with Crippen molar-refractivity contribution in [3.8, 4) is 0 Å². The van der Waals surface area contributed by atoms with Gasteiger partial charge in [0.05, 0.1) is 9.64 Å². The van der Waals surface area contributed by atoms with Crippen LogP contribution in [-0.2, 0) is 25.8 Å². The summed E-state index contributed by atoms with van der Waals surface area (Å²) in [4.78, 5) is 11.9. The zero-order valence-electron chi connectivity index (χ0n) is 14.9. The largest absolute Gasteiger partial charge is 0.381 e. The molecule has 0 bridgehead atoms. The Morgan fingerprint density at radius 2 is 1.59 bits per heavy atom. The molecule has 0 aliphatic carbocycles. The van der Waals surface area contributed by atoms with Crippen molar-refractivity contribution in [1.82, 2.24) is 5.48 Å². The number of hydroxylamine groups is 1. The van der Waals surface area contributed by atoms with E-state index < -0.39 is 20.5 Å². The van der Waals surface area contributed by atoms with E-state index in [0.29, 0.717) is 6.42 Å². The van der Waals surface area contributed by atoms with E-state index in [9.17, 15) is 13.2 Å². The molecule has 144 valence electrons. The van der Waals surface area contributed by atoms with E-state index in [1.54, 1.807) is 29.7 Å². The summed E-state index contributed by atoms with van der Waals surface area (Å²) in [5.74, 6) is -0.707. The SMILES string of the molecule is O=C(CC1(S(=O)(=O)c2ccc(Cc3ccccc3)cc2)CCOCC1)NO. The highest BCUT2D eigenvalue weighted by molar-refractivity contribution is 7.92. The van der Waals surface area contributed by atoms with Gasteiger partial charge in [-0.05, 0) is 42.5 Å². The predicted molar refractivity (Wildman–Crippen MR) is 100 cm³/mol. The number of carbonyl (C=O) groups excluding carboxylic acids is 1. The minimum atomic E-state index is -3.77. The third kappa shape index (κ3) is 4.21. The van der Waals surface area contributed by atoms with E-state index >= 15 is 0 Å². The number of amides is 1. The Morgan fingerprint density at radius 3 is 2.19 bits per heavy atom. The van der Waals surface area contributed by atoms with Crippen LogP contribution >= 0.6 is 0 Å². The molecule has 0 atom stereocenters. The lowest BCUT2D eigenvalue weighted by Gasteiger charge is -2.35. The van der Waals surface area contributed by atoms with Gasteiger partial charge in [-0.25, -0.2) is 13.9 Å². The van der Waals surface area contributed by atoms with Gasteiger partial charge in [0.25, 0.3) is 0 Å². The molecule has 2 N–H and O–H groups in total. The van der Waals surface area contributed by atoms with Crippen molar-refractivity contribution in [3.05, 3.63) is 65.7 Å². The molecule has 0 spiro atoms. The minimum absolute atomic E-state index is 0.187. The second kappa shape index (κ2) is 8.21. The van der Waals surface area contributed by atoms with E-state index in [0.717, 1.165) is 11.1 Å². The molecule has 1 amide bonds. The van der Waals surface area contributed by atoms with E-state index in [-0.39, 0.29) is 37.4 Å². The number of rotatable bonds is 6. The summed E-state index contributed by atoms with van der Waals surface area (Å²) in [6, 6.07) is 16.7. The first-order chi connectivity index (χ1) is 13.0. The minimum Gasteiger partial charge on any atom is -0.381 e. The van der Waals surface area contributed by atoms with Crippen LogP contribution in [0.5, 0.6) is 0 Å². The monoisotopic (exact) mass is 389 g/mol. The van der Waals surface area contributed by atoms with Crippen LogP contribution < -0.4 is 5.48 Å². The first kappa shape index (κ1) is 19.5. The number of benzene rings is 2. The van der Waals surface area contributed by atoms with Crippen molar-refractivity contribution in [2.24, 2.45) is 0 Å². The number of hydrogen-bond acceptors (Lipinski definition) is 5. The topological polar surface area (TPSA) is 92.7 Å². The lowest BCUT2D eigenvalue weighted by Crippen LogP contribution is -2.47. The average Bonchev–Trinajstić information content (AvgIpc) is 2.69. The maximum Gasteiger partial charge on any atom is 0.244 e. The summed E-state index contributed by atoms with van der Waals surface area (Å²) in [6.07, 6.45) is 0.858. The van der Waals surface area contributed by atoms with Gasteiger partial charge < -0.3 is 4.74 Å². The molecule has 27 heavy (non-hydrogen) atoms. The van der Waals surface area contributed by atoms with Crippen molar-refractivity contribution >= 4 is 15.7 Å². The van der Waals surface area contributed by atoms with Crippen LogP contribution in [0.1, 0.15) is 30.4 Å². The molecular weight excluding hydrogens is 366 g/mol. The highest BCUT2D eigenvalue weighted by atomic mass is 32.2. The Kier molecular flexibility index (Phi) is 5.94. The van der Waals surface area contributed by atoms with Crippen molar-refractivity contribution < 1.29 is 23.2 Å². The summed E-state index contributed by atoms with van der Waals surface area (Å²) >= 11 is 0. The second-order valence-electron chi connectivity index (χ2n) is 6.82. The Labute approximate surface area is 159 Å². The van der Waals surface area contributed by atoms with Crippen LogP contribution in [0.25, 0.3) is 0 Å². The number of hydrogen-bond donors (Lipinski definition) is 2. The van der Waals surface area contributed by atoms with Crippen molar-refractivity contribution in [3.63, 3.8) is 0 Å². The zero-order chi connectivity index (χ0) is 19.3. The van der Waals surface area contributed by atoms with Gasteiger partial charge in [0.2, 0.25) is 5.91 Å². The van der Waals surface area contributed by atoms with E-state index in [2.05, 4.69) is 0 Å². The molecule has 2 aromatic rings. The fraction of sp³-hybridized carbons (Fsp3) is 0.350. The Morgan fingerprint density at radius 1 is 1.00 bits per heavy atom. The molecule has 3 rings (SSSR count). The van der Waals surface area contributed by atoms with Crippen LogP contribution in [0.2, 0.25) is 0 Å². The lowest BCUT2D eigenvalue weighted by atomic mass is 9.95. The Bertz CT molecular complexity index is 872. The molecule has 1 heterocycles. The van der Waals surface area contributed by atoms with Gasteiger partial charge in [-0.3, -0.25) is 10.0 Å². The summed E-state index contributed by atoms with van der Waals surface area (Å²) in [5, 5.41) is 8.87. The fourth-order valence-electron chi connectivity index (χ4n) is 3.48. The molecule has 1 aliphatic heterocycles. The third-order valence-electron chi connectivity index (χ3n) is 5.07. The van der Waals surface area contributed by atoms with Gasteiger partial charge >= 0.3 is 0 Å². The molecular formula is C20H23NO5S. The van der Waals surface area contributed by atoms with Crippen LogP contribution in [0, 0.1) is 0 Å². The molecule has 6 nitrogen and oxygen atoms in total. The van der Waals surface area contributed by atoms with Gasteiger partial charge in [-0.1, -0.05) is 42.5 Å².